The number of benzene rings is 3. The molecule has 0 aliphatic carbocycles. The number of nitrogens with zero attached hydrogens (tertiary/aromatic N) is 4. The topological polar surface area (TPSA) is 140 Å². The summed E-state index contributed by atoms with van der Waals surface area (Å²) in [4.78, 5) is 36.1. The van der Waals surface area contributed by atoms with Gasteiger partial charge in [-0.3, -0.25) is 14.2 Å². The van der Waals surface area contributed by atoms with Crippen molar-refractivity contribution in [1.29, 1.82) is 0 Å². The van der Waals surface area contributed by atoms with E-state index in [2.05, 4.69) is 15.3 Å². The van der Waals surface area contributed by atoms with Gasteiger partial charge in [0, 0.05) is 30.0 Å². The summed E-state index contributed by atoms with van der Waals surface area (Å²) in [6, 6.07) is 21.8. The van der Waals surface area contributed by atoms with Crippen LogP contribution in [0.5, 0.6) is 0 Å². The zero-order valence-electron chi connectivity index (χ0n) is 23.8. The third-order valence-corrected chi connectivity index (χ3v) is 9.89. The van der Waals surface area contributed by atoms with Crippen LogP contribution in [0, 0.1) is 0 Å². The van der Waals surface area contributed by atoms with Crippen LogP contribution >= 0.6 is 11.6 Å². The molecule has 1 amide bonds. The van der Waals surface area contributed by atoms with Crippen molar-refractivity contribution in [3.8, 4) is 16.9 Å². The van der Waals surface area contributed by atoms with Gasteiger partial charge >= 0.3 is 0 Å². The van der Waals surface area contributed by atoms with E-state index < -0.39 is 22.0 Å². The number of nitrogens with one attached hydrogen (secondary N) is 1. The number of carbonyl (C=O) groups excluding carboxylic acids is 1. The van der Waals surface area contributed by atoms with Crippen molar-refractivity contribution < 1.29 is 13.2 Å². The summed E-state index contributed by atoms with van der Waals surface area (Å²) in [5, 5.41) is 4.24. The fourth-order valence-electron chi connectivity index (χ4n) is 5.44. The number of carbonyl (C=O) groups is 1. The first-order chi connectivity index (χ1) is 21.1. The highest BCUT2D eigenvalue weighted by atomic mass is 35.5. The standard InChI is InChI=1S/C32H29ClN6O4S/c1-20(27-18-22-10-8-14-25(33)28(22)32(41)39(27)23-11-3-2-4-12-23)36-31(40)29-30(34)35-19-26(37-29)21-9-7-13-24(17-21)44(42,43)38-15-5-6-16-38/h2-4,7-14,17-20H,5-6,15-16H2,1H3,(H2,34,35)(H,36,40)/t20-/m0/s1. The lowest BCUT2D eigenvalue weighted by Crippen LogP contribution is -2.33. The fraction of sp³-hybridized carbons (Fsp3) is 0.188. The average Bonchev–Trinajstić information content (AvgIpc) is 3.58. The lowest BCUT2D eigenvalue weighted by Gasteiger charge is -2.21. The number of fused-ring (bicyclic) bond motifs is 1. The van der Waals surface area contributed by atoms with Crippen LogP contribution in [0.15, 0.2) is 94.7 Å². The van der Waals surface area contributed by atoms with Gasteiger partial charge in [0.25, 0.3) is 11.5 Å². The molecule has 0 bridgehead atoms. The molecule has 44 heavy (non-hydrogen) atoms. The van der Waals surface area contributed by atoms with Gasteiger partial charge in [-0.05, 0) is 61.5 Å². The minimum atomic E-state index is -3.65. The smallest absolute Gasteiger partial charge is 0.274 e. The molecule has 6 rings (SSSR count). The van der Waals surface area contributed by atoms with Gasteiger partial charge in [-0.2, -0.15) is 4.31 Å². The summed E-state index contributed by atoms with van der Waals surface area (Å²) in [6.07, 6.45) is 3.05. The summed E-state index contributed by atoms with van der Waals surface area (Å²) in [6.45, 7) is 2.72. The highest BCUT2D eigenvalue weighted by Gasteiger charge is 2.28. The number of hydrogen-bond acceptors (Lipinski definition) is 7. The van der Waals surface area contributed by atoms with Gasteiger partial charge in [0.15, 0.2) is 11.5 Å². The monoisotopic (exact) mass is 628 g/mol. The molecule has 224 valence electrons. The molecule has 3 N–H and O–H groups in total. The molecule has 10 nitrogen and oxygen atoms in total. The molecule has 0 spiro atoms. The van der Waals surface area contributed by atoms with Crippen molar-refractivity contribution in [1.82, 2.24) is 24.2 Å². The molecule has 0 saturated carbocycles. The number of sulfonamides is 1. The quantitative estimate of drug-likeness (QED) is 0.260. The van der Waals surface area contributed by atoms with Crippen LogP contribution in [-0.4, -0.2) is 46.3 Å². The van der Waals surface area contributed by atoms with Crippen LogP contribution in [0.25, 0.3) is 27.7 Å². The first-order valence-electron chi connectivity index (χ1n) is 14.1. The van der Waals surface area contributed by atoms with Crippen molar-refractivity contribution in [3.05, 3.63) is 112 Å². The van der Waals surface area contributed by atoms with Crippen molar-refractivity contribution >= 4 is 44.1 Å². The van der Waals surface area contributed by atoms with Gasteiger partial charge in [0.1, 0.15) is 0 Å². The van der Waals surface area contributed by atoms with Crippen molar-refractivity contribution in [2.24, 2.45) is 0 Å². The molecule has 2 aromatic heterocycles. The highest BCUT2D eigenvalue weighted by Crippen LogP contribution is 2.28. The Bertz CT molecular complexity index is 2060. The van der Waals surface area contributed by atoms with Gasteiger partial charge in [0.05, 0.1) is 33.2 Å². The summed E-state index contributed by atoms with van der Waals surface area (Å²) in [7, 11) is -3.65. The number of para-hydroxylation sites is 1. The van der Waals surface area contributed by atoms with Crippen LogP contribution in [-0.2, 0) is 10.0 Å². The number of pyridine rings is 1. The van der Waals surface area contributed by atoms with Crippen LogP contribution in [0.3, 0.4) is 0 Å². The Morgan fingerprint density at radius 3 is 2.48 bits per heavy atom. The summed E-state index contributed by atoms with van der Waals surface area (Å²) in [5.41, 5.74) is 7.55. The molecular weight excluding hydrogens is 600 g/mol. The Morgan fingerprint density at radius 1 is 1.00 bits per heavy atom. The number of amides is 1. The Hall–Kier alpha value is -4.58. The summed E-state index contributed by atoms with van der Waals surface area (Å²) < 4.78 is 29.3. The number of hydrogen-bond donors (Lipinski definition) is 2. The summed E-state index contributed by atoms with van der Waals surface area (Å²) >= 11 is 6.42. The van der Waals surface area contributed by atoms with E-state index in [0.29, 0.717) is 45.8 Å². The second kappa shape index (κ2) is 11.8. The number of aromatic nitrogens is 3. The predicted octanol–water partition coefficient (Wildman–Crippen LogP) is 4.96. The minimum Gasteiger partial charge on any atom is -0.382 e. The molecule has 12 heteroatoms. The third kappa shape index (κ3) is 5.45. The molecule has 1 atom stereocenters. The van der Waals surface area contributed by atoms with Crippen LogP contribution in [0.2, 0.25) is 5.02 Å². The maximum absolute atomic E-state index is 13.7. The lowest BCUT2D eigenvalue weighted by molar-refractivity contribution is 0.0934. The SMILES string of the molecule is C[C@H](NC(=O)c1nc(-c2cccc(S(=O)(=O)N3CCCC3)c2)cnc1N)c1cc2cccc(Cl)c2c(=O)n1-c1ccccc1. The van der Waals surface area contributed by atoms with Crippen LogP contribution in [0.1, 0.15) is 42.0 Å². The Labute approximate surface area is 259 Å². The van der Waals surface area contributed by atoms with Gasteiger partial charge in [-0.1, -0.05) is 54.1 Å². The van der Waals surface area contributed by atoms with E-state index in [1.165, 1.54) is 21.1 Å². The normalized spacial score (nSPS) is 14.5. The Balaban J connectivity index is 1.35. The fourth-order valence-corrected chi connectivity index (χ4v) is 7.26. The molecular formula is C32H29ClN6O4S. The first kappa shape index (κ1) is 29.5. The van der Waals surface area contributed by atoms with E-state index in [9.17, 15) is 18.0 Å². The second-order valence-corrected chi connectivity index (χ2v) is 12.9. The van der Waals surface area contributed by atoms with Crippen molar-refractivity contribution in [2.75, 3.05) is 18.8 Å². The third-order valence-electron chi connectivity index (χ3n) is 7.68. The molecule has 3 aromatic carbocycles. The van der Waals surface area contributed by atoms with Crippen LogP contribution in [0.4, 0.5) is 5.82 Å². The molecule has 5 aromatic rings. The van der Waals surface area contributed by atoms with Crippen LogP contribution < -0.4 is 16.6 Å². The number of anilines is 1. The van der Waals surface area contributed by atoms with E-state index in [1.807, 2.05) is 24.3 Å². The highest BCUT2D eigenvalue weighted by molar-refractivity contribution is 7.89. The summed E-state index contributed by atoms with van der Waals surface area (Å²) in [5.74, 6) is -0.700. The molecule has 3 heterocycles. The van der Waals surface area contributed by atoms with Gasteiger partial charge in [0.2, 0.25) is 10.0 Å². The maximum atomic E-state index is 13.7. The lowest BCUT2D eigenvalue weighted by atomic mass is 10.1. The molecule has 0 radical (unpaired) electrons. The van der Waals surface area contributed by atoms with E-state index in [-0.39, 0.29) is 27.7 Å². The molecule has 0 unspecified atom stereocenters. The van der Waals surface area contributed by atoms with Gasteiger partial charge in [-0.25, -0.2) is 18.4 Å². The Kier molecular flexibility index (Phi) is 7.93. The molecule has 1 aliphatic heterocycles. The second-order valence-electron chi connectivity index (χ2n) is 10.6. The Morgan fingerprint density at radius 2 is 1.73 bits per heavy atom. The maximum Gasteiger partial charge on any atom is 0.274 e. The van der Waals surface area contributed by atoms with E-state index in [4.69, 9.17) is 17.3 Å². The minimum absolute atomic E-state index is 0.0926. The number of nitrogens with two attached hydrogens (primary N) is 1. The molecule has 1 aliphatic rings. The van der Waals surface area contributed by atoms with Gasteiger partial charge < -0.3 is 11.1 Å². The van der Waals surface area contributed by atoms with Gasteiger partial charge in [-0.15, -0.1) is 0 Å². The largest absolute Gasteiger partial charge is 0.382 e. The predicted molar refractivity (Wildman–Crippen MR) is 170 cm³/mol. The van der Waals surface area contributed by atoms with E-state index >= 15 is 0 Å². The zero-order valence-corrected chi connectivity index (χ0v) is 25.3. The van der Waals surface area contributed by atoms with Crippen molar-refractivity contribution in [2.45, 2.75) is 30.7 Å². The number of rotatable bonds is 7. The molecule has 1 fully saturated rings. The molecule has 1 saturated heterocycles. The number of halogens is 1. The van der Waals surface area contributed by atoms with E-state index in [0.717, 1.165) is 12.8 Å². The average molecular weight is 629 g/mol. The number of nitrogen functional groups attached to an aromatic ring is 1. The first-order valence-corrected chi connectivity index (χ1v) is 15.9. The zero-order chi connectivity index (χ0) is 31.0. The van der Waals surface area contributed by atoms with Crippen molar-refractivity contribution in [3.63, 3.8) is 0 Å². The van der Waals surface area contributed by atoms with E-state index in [1.54, 1.807) is 55.5 Å².